The zero-order valence-corrected chi connectivity index (χ0v) is 13.5. The normalized spacial score (nSPS) is 20.1. The standard InChI is InChI=1S/C16H23FN2O3/c1-11-9-12(17)5-6-13(11)14-10-18(7-8-19(14)21)15(20)22-16(2,3)4/h5-6,9,14,21H,7-8,10H2,1-4H3. The molecule has 1 saturated heterocycles. The molecule has 0 aliphatic carbocycles. The van der Waals surface area contributed by atoms with E-state index in [2.05, 4.69) is 0 Å². The SMILES string of the molecule is Cc1cc(F)ccc1C1CN(C(=O)OC(C)(C)C)CCN1O. The van der Waals surface area contributed by atoms with Crippen LogP contribution < -0.4 is 0 Å². The Morgan fingerprint density at radius 1 is 1.36 bits per heavy atom. The van der Waals surface area contributed by atoms with Crippen molar-refractivity contribution in [1.29, 1.82) is 0 Å². The zero-order valence-electron chi connectivity index (χ0n) is 13.5. The number of piperazine rings is 1. The van der Waals surface area contributed by atoms with Gasteiger partial charge in [0.15, 0.2) is 0 Å². The first-order valence-corrected chi connectivity index (χ1v) is 7.37. The maximum absolute atomic E-state index is 13.2. The van der Waals surface area contributed by atoms with E-state index in [0.717, 1.165) is 11.1 Å². The van der Waals surface area contributed by atoms with Gasteiger partial charge in [0.2, 0.25) is 0 Å². The van der Waals surface area contributed by atoms with Gasteiger partial charge >= 0.3 is 6.09 Å². The lowest BCUT2D eigenvalue weighted by Gasteiger charge is -2.39. The minimum Gasteiger partial charge on any atom is -0.444 e. The Kier molecular flexibility index (Phi) is 4.72. The number of amides is 1. The molecule has 1 fully saturated rings. The summed E-state index contributed by atoms with van der Waals surface area (Å²) in [5, 5.41) is 11.3. The summed E-state index contributed by atoms with van der Waals surface area (Å²) in [6.45, 7) is 8.25. The number of carbonyl (C=O) groups is 1. The first-order chi connectivity index (χ1) is 10.2. The monoisotopic (exact) mass is 310 g/mol. The second-order valence-electron chi connectivity index (χ2n) is 6.61. The maximum Gasteiger partial charge on any atom is 0.410 e. The third-order valence-electron chi connectivity index (χ3n) is 3.59. The molecular formula is C16H23FN2O3. The fraction of sp³-hybridized carbons (Fsp3) is 0.562. The number of rotatable bonds is 1. The van der Waals surface area contributed by atoms with Crippen molar-refractivity contribution in [2.75, 3.05) is 19.6 Å². The number of aryl methyl sites for hydroxylation is 1. The van der Waals surface area contributed by atoms with E-state index in [9.17, 15) is 14.4 Å². The van der Waals surface area contributed by atoms with Crippen molar-refractivity contribution >= 4 is 6.09 Å². The predicted molar refractivity (Wildman–Crippen MR) is 80.2 cm³/mol. The Bertz CT molecular complexity index is 557. The third kappa shape index (κ3) is 3.96. The summed E-state index contributed by atoms with van der Waals surface area (Å²) in [5.41, 5.74) is 0.988. The predicted octanol–water partition coefficient (Wildman–Crippen LogP) is 3.12. The van der Waals surface area contributed by atoms with E-state index >= 15 is 0 Å². The van der Waals surface area contributed by atoms with Crippen molar-refractivity contribution in [2.24, 2.45) is 0 Å². The number of benzene rings is 1. The molecule has 0 spiro atoms. The van der Waals surface area contributed by atoms with Gasteiger partial charge in [-0.1, -0.05) is 6.07 Å². The van der Waals surface area contributed by atoms with E-state index in [1.165, 1.54) is 17.2 Å². The zero-order chi connectivity index (χ0) is 16.5. The highest BCUT2D eigenvalue weighted by Gasteiger charge is 2.32. The summed E-state index contributed by atoms with van der Waals surface area (Å²) < 4.78 is 18.6. The molecule has 1 aromatic carbocycles. The van der Waals surface area contributed by atoms with E-state index < -0.39 is 11.7 Å². The molecule has 0 radical (unpaired) electrons. The van der Waals surface area contributed by atoms with Gasteiger partial charge < -0.3 is 14.8 Å². The van der Waals surface area contributed by atoms with Crippen LogP contribution in [0.25, 0.3) is 0 Å². The molecule has 0 bridgehead atoms. The molecule has 1 atom stereocenters. The first-order valence-electron chi connectivity index (χ1n) is 7.37. The van der Waals surface area contributed by atoms with Crippen molar-refractivity contribution in [3.8, 4) is 0 Å². The van der Waals surface area contributed by atoms with Gasteiger partial charge in [-0.3, -0.25) is 0 Å². The van der Waals surface area contributed by atoms with Gasteiger partial charge in [0, 0.05) is 19.6 Å². The van der Waals surface area contributed by atoms with Crippen LogP contribution in [0.1, 0.15) is 37.9 Å². The van der Waals surface area contributed by atoms with E-state index in [1.807, 2.05) is 20.8 Å². The highest BCUT2D eigenvalue weighted by molar-refractivity contribution is 5.68. The molecule has 1 N–H and O–H groups in total. The average molecular weight is 310 g/mol. The van der Waals surface area contributed by atoms with Crippen molar-refractivity contribution in [3.63, 3.8) is 0 Å². The fourth-order valence-electron chi connectivity index (χ4n) is 2.54. The van der Waals surface area contributed by atoms with Gasteiger partial charge in [0.25, 0.3) is 0 Å². The van der Waals surface area contributed by atoms with Crippen molar-refractivity contribution in [2.45, 2.75) is 39.3 Å². The molecule has 6 heteroatoms. The molecule has 122 valence electrons. The van der Waals surface area contributed by atoms with Crippen LogP contribution in [-0.2, 0) is 4.74 Å². The number of ether oxygens (including phenoxy) is 1. The molecule has 1 amide bonds. The molecule has 1 aliphatic rings. The van der Waals surface area contributed by atoms with Crippen molar-refractivity contribution in [3.05, 3.63) is 35.1 Å². The van der Waals surface area contributed by atoms with Crippen LogP contribution >= 0.6 is 0 Å². The minimum absolute atomic E-state index is 0.303. The van der Waals surface area contributed by atoms with Crippen LogP contribution in [0, 0.1) is 12.7 Å². The molecule has 1 aromatic rings. The summed E-state index contributed by atoms with van der Waals surface area (Å²) in [6, 6.07) is 4.05. The van der Waals surface area contributed by atoms with Gasteiger partial charge in [-0.15, -0.1) is 0 Å². The highest BCUT2D eigenvalue weighted by atomic mass is 19.1. The van der Waals surface area contributed by atoms with Crippen LogP contribution in [-0.4, -0.2) is 46.5 Å². The Morgan fingerprint density at radius 2 is 2.05 bits per heavy atom. The van der Waals surface area contributed by atoms with Crippen molar-refractivity contribution in [1.82, 2.24) is 9.96 Å². The molecular weight excluding hydrogens is 287 g/mol. The number of hydroxylamine groups is 2. The summed E-state index contributed by atoms with van der Waals surface area (Å²) in [5.74, 6) is -0.314. The topological polar surface area (TPSA) is 53.0 Å². The van der Waals surface area contributed by atoms with Crippen LogP contribution in [0.2, 0.25) is 0 Å². The quantitative estimate of drug-likeness (QED) is 0.866. The van der Waals surface area contributed by atoms with Gasteiger partial charge in [0.05, 0.1) is 6.04 Å². The van der Waals surface area contributed by atoms with Gasteiger partial charge in [-0.2, -0.15) is 5.06 Å². The lowest BCUT2D eigenvalue weighted by molar-refractivity contribution is -0.155. The molecule has 1 aliphatic heterocycles. The van der Waals surface area contributed by atoms with Crippen LogP contribution in [0.5, 0.6) is 0 Å². The average Bonchev–Trinajstić information content (AvgIpc) is 2.38. The van der Waals surface area contributed by atoms with Gasteiger partial charge in [-0.05, 0) is 51.0 Å². The van der Waals surface area contributed by atoms with Crippen molar-refractivity contribution < 1.29 is 19.1 Å². The number of halogens is 1. The summed E-state index contributed by atoms with van der Waals surface area (Å²) in [4.78, 5) is 13.8. The minimum atomic E-state index is -0.561. The smallest absolute Gasteiger partial charge is 0.410 e. The van der Waals surface area contributed by atoms with Gasteiger partial charge in [0.1, 0.15) is 11.4 Å². The number of hydrogen-bond donors (Lipinski definition) is 1. The third-order valence-corrected chi connectivity index (χ3v) is 3.59. The largest absolute Gasteiger partial charge is 0.444 e. The van der Waals surface area contributed by atoms with E-state index in [1.54, 1.807) is 17.9 Å². The summed E-state index contributed by atoms with van der Waals surface area (Å²) in [7, 11) is 0. The lowest BCUT2D eigenvalue weighted by atomic mass is 9.99. The molecule has 22 heavy (non-hydrogen) atoms. The molecule has 2 rings (SSSR count). The van der Waals surface area contributed by atoms with Crippen LogP contribution in [0.3, 0.4) is 0 Å². The number of nitrogens with zero attached hydrogens (tertiary/aromatic N) is 2. The number of carbonyl (C=O) groups excluding carboxylic acids is 1. The van der Waals surface area contributed by atoms with E-state index in [-0.39, 0.29) is 11.9 Å². The van der Waals surface area contributed by atoms with E-state index in [0.29, 0.717) is 19.6 Å². The lowest BCUT2D eigenvalue weighted by Crippen LogP contribution is -2.50. The molecule has 0 saturated carbocycles. The molecule has 1 unspecified atom stereocenters. The Morgan fingerprint density at radius 3 is 2.64 bits per heavy atom. The Balaban J connectivity index is 2.16. The fourth-order valence-corrected chi connectivity index (χ4v) is 2.54. The van der Waals surface area contributed by atoms with Crippen LogP contribution in [0.15, 0.2) is 18.2 Å². The number of hydrogen-bond acceptors (Lipinski definition) is 4. The maximum atomic E-state index is 13.2. The molecule has 1 heterocycles. The second-order valence-corrected chi connectivity index (χ2v) is 6.61. The Labute approximate surface area is 130 Å². The summed E-state index contributed by atoms with van der Waals surface area (Å²) in [6.07, 6.45) is -0.398. The van der Waals surface area contributed by atoms with Crippen LogP contribution in [0.4, 0.5) is 9.18 Å². The van der Waals surface area contributed by atoms with Gasteiger partial charge in [-0.25, -0.2) is 9.18 Å². The second kappa shape index (κ2) is 6.22. The molecule has 5 nitrogen and oxygen atoms in total. The first kappa shape index (κ1) is 16.7. The van der Waals surface area contributed by atoms with E-state index in [4.69, 9.17) is 4.74 Å². The Hall–Kier alpha value is -1.66. The summed E-state index contributed by atoms with van der Waals surface area (Å²) >= 11 is 0. The highest BCUT2D eigenvalue weighted by Crippen LogP contribution is 2.27. The molecule has 0 aromatic heterocycles.